The summed E-state index contributed by atoms with van der Waals surface area (Å²) in [6.07, 6.45) is 7.60. The molecule has 0 aliphatic rings. The lowest BCUT2D eigenvalue weighted by atomic mass is 10.1. The Hall–Kier alpha value is -1.84. The largest absolute Gasteiger partial charge is 0.349 e. The van der Waals surface area contributed by atoms with Gasteiger partial charge in [-0.1, -0.05) is 43.9 Å². The number of anilines is 1. The lowest BCUT2D eigenvalue weighted by molar-refractivity contribution is -0.128. The average Bonchev–Trinajstić information content (AvgIpc) is 2.56. The number of unbranched alkanes of at least 4 members (excludes halogenated alkanes) is 5. The molecule has 0 N–H and O–H groups in total. The van der Waals surface area contributed by atoms with Crippen LogP contribution in [0.15, 0.2) is 30.3 Å². The van der Waals surface area contributed by atoms with Gasteiger partial charge in [0, 0.05) is 39.7 Å². The Morgan fingerprint density at radius 1 is 0.739 bits per heavy atom. The summed E-state index contributed by atoms with van der Waals surface area (Å²) in [6.45, 7) is 0. The fourth-order valence-corrected chi connectivity index (χ4v) is 2.45. The minimum absolute atomic E-state index is 0.174. The number of benzene rings is 1. The molecule has 2 amide bonds. The molecule has 4 heteroatoms. The fraction of sp³-hybridized carbons (Fsp3) is 0.579. The monoisotopic (exact) mass is 318 g/mol. The van der Waals surface area contributed by atoms with E-state index in [1.165, 1.54) is 0 Å². The summed E-state index contributed by atoms with van der Waals surface area (Å²) in [5.74, 6) is 0.382. The second-order valence-corrected chi connectivity index (χ2v) is 6.20. The van der Waals surface area contributed by atoms with Crippen LogP contribution >= 0.6 is 0 Å². The summed E-state index contributed by atoms with van der Waals surface area (Å²) in [5.41, 5.74) is 0.947. The molecule has 0 radical (unpaired) electrons. The van der Waals surface area contributed by atoms with Gasteiger partial charge in [-0.25, -0.2) is 0 Å². The molecular weight excluding hydrogens is 288 g/mol. The molecule has 128 valence electrons. The van der Waals surface area contributed by atoms with Crippen molar-refractivity contribution in [2.45, 2.75) is 51.4 Å². The Balaban J connectivity index is 2.04. The summed E-state index contributed by atoms with van der Waals surface area (Å²) >= 11 is 0. The first-order valence-electron chi connectivity index (χ1n) is 8.54. The topological polar surface area (TPSA) is 40.6 Å². The Morgan fingerprint density at radius 2 is 1.22 bits per heavy atom. The first kappa shape index (κ1) is 19.2. The van der Waals surface area contributed by atoms with Crippen LogP contribution in [0.3, 0.4) is 0 Å². The highest BCUT2D eigenvalue weighted by Crippen LogP contribution is 2.14. The van der Waals surface area contributed by atoms with Gasteiger partial charge in [0.1, 0.15) is 0 Å². The molecule has 0 fully saturated rings. The number of carbonyl (C=O) groups excluding carboxylic acids is 2. The van der Waals surface area contributed by atoms with Crippen molar-refractivity contribution in [1.82, 2.24) is 4.90 Å². The third-order valence-corrected chi connectivity index (χ3v) is 4.05. The molecule has 4 nitrogen and oxygen atoms in total. The summed E-state index contributed by atoms with van der Waals surface area (Å²) in [7, 11) is 5.43. The Morgan fingerprint density at radius 3 is 1.74 bits per heavy atom. The van der Waals surface area contributed by atoms with E-state index in [1.54, 1.807) is 23.9 Å². The molecule has 0 heterocycles. The van der Waals surface area contributed by atoms with Crippen LogP contribution in [-0.2, 0) is 9.59 Å². The van der Waals surface area contributed by atoms with Gasteiger partial charge in [-0.05, 0) is 25.0 Å². The lowest BCUT2D eigenvalue weighted by Crippen LogP contribution is -2.25. The molecule has 0 bridgehead atoms. The van der Waals surface area contributed by atoms with E-state index in [2.05, 4.69) is 0 Å². The number of hydrogen-bond acceptors (Lipinski definition) is 2. The first-order valence-corrected chi connectivity index (χ1v) is 8.54. The lowest BCUT2D eigenvalue weighted by Gasteiger charge is -2.17. The van der Waals surface area contributed by atoms with E-state index < -0.39 is 0 Å². The van der Waals surface area contributed by atoms with E-state index in [-0.39, 0.29) is 11.8 Å². The highest BCUT2D eigenvalue weighted by Gasteiger charge is 2.09. The van der Waals surface area contributed by atoms with E-state index in [0.717, 1.165) is 44.2 Å². The minimum atomic E-state index is 0.174. The zero-order valence-electron chi connectivity index (χ0n) is 14.8. The van der Waals surface area contributed by atoms with Crippen LogP contribution in [0.5, 0.6) is 0 Å². The first-order chi connectivity index (χ1) is 11.0. The van der Waals surface area contributed by atoms with Gasteiger partial charge in [-0.2, -0.15) is 0 Å². The van der Waals surface area contributed by atoms with E-state index >= 15 is 0 Å². The SMILES string of the molecule is CN(C)C(=O)CCCCCCCCC(=O)N(C)c1ccccc1. The third kappa shape index (κ3) is 7.82. The van der Waals surface area contributed by atoms with Gasteiger partial charge in [0.05, 0.1) is 0 Å². The van der Waals surface area contributed by atoms with Crippen LogP contribution in [0.4, 0.5) is 5.69 Å². The summed E-state index contributed by atoms with van der Waals surface area (Å²) in [5, 5.41) is 0. The van der Waals surface area contributed by atoms with Gasteiger partial charge >= 0.3 is 0 Å². The highest BCUT2D eigenvalue weighted by molar-refractivity contribution is 5.92. The summed E-state index contributed by atoms with van der Waals surface area (Å²) < 4.78 is 0. The van der Waals surface area contributed by atoms with Gasteiger partial charge in [-0.15, -0.1) is 0 Å². The second-order valence-electron chi connectivity index (χ2n) is 6.20. The summed E-state index contributed by atoms with van der Waals surface area (Å²) in [4.78, 5) is 26.9. The van der Waals surface area contributed by atoms with Crippen LogP contribution in [0.25, 0.3) is 0 Å². The maximum atomic E-state index is 12.1. The molecule has 1 aromatic carbocycles. The standard InChI is InChI=1S/C19H30N2O2/c1-20(2)18(22)15-11-6-4-5-7-12-16-19(23)21(3)17-13-9-8-10-14-17/h8-10,13-14H,4-7,11-12,15-16H2,1-3H3. The molecule has 1 rings (SSSR count). The van der Waals surface area contributed by atoms with Gasteiger partial charge in [0.25, 0.3) is 0 Å². The number of rotatable bonds is 10. The second kappa shape index (κ2) is 10.8. The van der Waals surface area contributed by atoms with Gasteiger partial charge in [0.15, 0.2) is 0 Å². The van der Waals surface area contributed by atoms with Crippen molar-refractivity contribution in [3.63, 3.8) is 0 Å². The molecule has 0 spiro atoms. The normalized spacial score (nSPS) is 10.4. The minimum Gasteiger partial charge on any atom is -0.349 e. The van der Waals surface area contributed by atoms with Crippen molar-refractivity contribution in [3.05, 3.63) is 30.3 Å². The number of carbonyl (C=O) groups is 2. The number of nitrogens with zero attached hydrogens (tertiary/aromatic N) is 2. The van der Waals surface area contributed by atoms with Crippen LogP contribution in [0.1, 0.15) is 51.4 Å². The predicted molar refractivity (Wildman–Crippen MR) is 95.5 cm³/mol. The number of amides is 2. The van der Waals surface area contributed by atoms with Crippen LogP contribution in [0, 0.1) is 0 Å². The van der Waals surface area contributed by atoms with Gasteiger partial charge in [-0.3, -0.25) is 9.59 Å². The van der Waals surface area contributed by atoms with E-state index in [9.17, 15) is 9.59 Å². The molecule has 0 atom stereocenters. The smallest absolute Gasteiger partial charge is 0.226 e. The van der Waals surface area contributed by atoms with Crippen molar-refractivity contribution in [2.24, 2.45) is 0 Å². The average molecular weight is 318 g/mol. The van der Waals surface area contributed by atoms with Crippen molar-refractivity contribution in [2.75, 3.05) is 26.0 Å². The molecule has 0 aliphatic carbocycles. The third-order valence-electron chi connectivity index (χ3n) is 4.05. The van der Waals surface area contributed by atoms with Crippen LogP contribution in [-0.4, -0.2) is 37.9 Å². The molecule has 0 saturated heterocycles. The van der Waals surface area contributed by atoms with Gasteiger partial charge < -0.3 is 9.80 Å². The predicted octanol–water partition coefficient (Wildman–Crippen LogP) is 3.86. The molecule has 0 aliphatic heterocycles. The number of para-hydroxylation sites is 1. The Bertz CT molecular complexity index is 472. The molecule has 0 unspecified atom stereocenters. The maximum absolute atomic E-state index is 12.1. The van der Waals surface area contributed by atoms with Crippen molar-refractivity contribution in [3.8, 4) is 0 Å². The van der Waals surface area contributed by atoms with Crippen molar-refractivity contribution < 1.29 is 9.59 Å². The van der Waals surface area contributed by atoms with Crippen LogP contribution in [0.2, 0.25) is 0 Å². The van der Waals surface area contributed by atoms with E-state index in [1.807, 2.05) is 37.4 Å². The van der Waals surface area contributed by atoms with Crippen LogP contribution < -0.4 is 4.90 Å². The van der Waals surface area contributed by atoms with E-state index in [0.29, 0.717) is 12.8 Å². The summed E-state index contributed by atoms with van der Waals surface area (Å²) in [6, 6.07) is 9.74. The Labute approximate surface area is 140 Å². The molecule has 23 heavy (non-hydrogen) atoms. The zero-order chi connectivity index (χ0) is 17.1. The van der Waals surface area contributed by atoms with Crippen molar-refractivity contribution >= 4 is 17.5 Å². The highest BCUT2D eigenvalue weighted by atomic mass is 16.2. The number of hydrogen-bond donors (Lipinski definition) is 0. The van der Waals surface area contributed by atoms with E-state index in [4.69, 9.17) is 0 Å². The quantitative estimate of drug-likeness (QED) is 0.615. The Kier molecular flexibility index (Phi) is 9.03. The zero-order valence-corrected chi connectivity index (χ0v) is 14.8. The fourth-order valence-electron chi connectivity index (χ4n) is 2.45. The molecule has 0 saturated carbocycles. The van der Waals surface area contributed by atoms with Gasteiger partial charge in [0.2, 0.25) is 11.8 Å². The molecule has 0 aromatic heterocycles. The molecule has 1 aromatic rings. The maximum Gasteiger partial charge on any atom is 0.226 e. The molecular formula is C19H30N2O2. The van der Waals surface area contributed by atoms with Crippen molar-refractivity contribution in [1.29, 1.82) is 0 Å².